The molecule has 2 aliphatic rings. The van der Waals surface area contributed by atoms with Gasteiger partial charge >= 0.3 is 0 Å². The minimum atomic E-state index is -0.196. The molecule has 0 aliphatic heterocycles. The molecule has 2 fully saturated rings. The average molecular weight is 126 g/mol. The molecule has 1 heteroatoms. The summed E-state index contributed by atoms with van der Waals surface area (Å²) in [5, 5.41) is 9.72. The van der Waals surface area contributed by atoms with Crippen molar-refractivity contribution >= 4 is 0 Å². The highest BCUT2D eigenvalue weighted by molar-refractivity contribution is 5.07. The van der Waals surface area contributed by atoms with Crippen LogP contribution in [0.3, 0.4) is 0 Å². The third kappa shape index (κ3) is 0.644. The number of hydrogen-bond donors (Lipinski definition) is 1. The van der Waals surface area contributed by atoms with Crippen LogP contribution in [0.2, 0.25) is 0 Å². The van der Waals surface area contributed by atoms with Crippen LogP contribution < -0.4 is 0 Å². The van der Waals surface area contributed by atoms with Crippen LogP contribution in [0.25, 0.3) is 0 Å². The predicted octanol–water partition coefficient (Wildman–Crippen LogP) is 1.56. The van der Waals surface area contributed by atoms with Gasteiger partial charge in [-0.3, -0.25) is 0 Å². The minimum absolute atomic E-state index is 0.196. The standard InChI is InChI=1S/C8H14O/c1-6-5-8(6,9)7-3-2-4-7/h6-7,9H,2-5H2,1H3. The van der Waals surface area contributed by atoms with Crippen molar-refractivity contribution < 1.29 is 5.11 Å². The maximum atomic E-state index is 9.72. The maximum Gasteiger partial charge on any atom is 0.0705 e. The molecule has 0 aromatic heterocycles. The van der Waals surface area contributed by atoms with Crippen molar-refractivity contribution in [3.63, 3.8) is 0 Å². The van der Waals surface area contributed by atoms with Gasteiger partial charge in [-0.15, -0.1) is 0 Å². The molecule has 2 unspecified atom stereocenters. The quantitative estimate of drug-likeness (QED) is 0.565. The predicted molar refractivity (Wildman–Crippen MR) is 36.1 cm³/mol. The van der Waals surface area contributed by atoms with Gasteiger partial charge in [0.2, 0.25) is 0 Å². The Hall–Kier alpha value is -0.0400. The van der Waals surface area contributed by atoms with Gasteiger partial charge in [0, 0.05) is 0 Å². The molecule has 0 heterocycles. The lowest BCUT2D eigenvalue weighted by atomic mass is 9.79. The summed E-state index contributed by atoms with van der Waals surface area (Å²) in [7, 11) is 0. The summed E-state index contributed by atoms with van der Waals surface area (Å²) in [5.74, 6) is 1.27. The summed E-state index contributed by atoms with van der Waals surface area (Å²) in [6.07, 6.45) is 4.97. The number of rotatable bonds is 1. The smallest absolute Gasteiger partial charge is 0.0705 e. The molecular weight excluding hydrogens is 112 g/mol. The van der Waals surface area contributed by atoms with E-state index in [1.807, 2.05) is 0 Å². The fourth-order valence-corrected chi connectivity index (χ4v) is 1.91. The van der Waals surface area contributed by atoms with Crippen molar-refractivity contribution in [3.8, 4) is 0 Å². The summed E-state index contributed by atoms with van der Waals surface area (Å²) in [6, 6.07) is 0. The molecule has 0 spiro atoms. The van der Waals surface area contributed by atoms with Crippen LogP contribution >= 0.6 is 0 Å². The first-order chi connectivity index (χ1) is 4.23. The Labute approximate surface area is 56.1 Å². The molecule has 0 radical (unpaired) electrons. The van der Waals surface area contributed by atoms with E-state index >= 15 is 0 Å². The molecule has 2 aliphatic carbocycles. The molecule has 0 bridgehead atoms. The Balaban J connectivity index is 1.97. The SMILES string of the molecule is CC1CC1(O)C1CCC1. The maximum absolute atomic E-state index is 9.72. The van der Waals surface area contributed by atoms with E-state index in [1.165, 1.54) is 19.3 Å². The zero-order valence-corrected chi connectivity index (χ0v) is 5.93. The largest absolute Gasteiger partial charge is 0.389 e. The Morgan fingerprint density at radius 3 is 2.11 bits per heavy atom. The molecule has 9 heavy (non-hydrogen) atoms. The monoisotopic (exact) mass is 126 g/mol. The molecule has 0 aromatic rings. The van der Waals surface area contributed by atoms with Gasteiger partial charge in [0.1, 0.15) is 0 Å². The second kappa shape index (κ2) is 1.51. The zero-order chi connectivity index (χ0) is 6.48. The Bertz CT molecular complexity index is 129. The molecule has 0 aromatic carbocycles. The molecule has 0 saturated heterocycles. The van der Waals surface area contributed by atoms with Gasteiger partial charge in [0.25, 0.3) is 0 Å². The lowest BCUT2D eigenvalue weighted by Crippen LogP contribution is -2.29. The number of aliphatic hydroxyl groups is 1. The summed E-state index contributed by atoms with van der Waals surface area (Å²) in [6.45, 7) is 2.15. The fraction of sp³-hybridized carbons (Fsp3) is 1.00. The molecule has 0 amide bonds. The molecule has 2 rings (SSSR count). The Morgan fingerprint density at radius 2 is 2.00 bits per heavy atom. The van der Waals surface area contributed by atoms with Crippen LogP contribution in [0.4, 0.5) is 0 Å². The average Bonchev–Trinajstić information content (AvgIpc) is 2.07. The molecule has 52 valence electrons. The first kappa shape index (κ1) is 5.72. The van der Waals surface area contributed by atoms with Crippen LogP contribution in [0.5, 0.6) is 0 Å². The van der Waals surface area contributed by atoms with E-state index in [-0.39, 0.29) is 5.60 Å². The van der Waals surface area contributed by atoms with E-state index in [9.17, 15) is 5.11 Å². The van der Waals surface area contributed by atoms with Crippen molar-refractivity contribution in [3.05, 3.63) is 0 Å². The Kier molecular flexibility index (Phi) is 0.963. The van der Waals surface area contributed by atoms with Gasteiger partial charge in [-0.05, 0) is 31.1 Å². The van der Waals surface area contributed by atoms with E-state index in [2.05, 4.69) is 6.92 Å². The zero-order valence-electron chi connectivity index (χ0n) is 5.93. The van der Waals surface area contributed by atoms with Crippen LogP contribution in [0, 0.1) is 11.8 Å². The molecule has 1 nitrogen and oxygen atoms in total. The van der Waals surface area contributed by atoms with Gasteiger partial charge in [0.05, 0.1) is 5.60 Å². The van der Waals surface area contributed by atoms with E-state index in [4.69, 9.17) is 0 Å². The second-order valence-corrected chi connectivity index (χ2v) is 3.72. The molecular formula is C8H14O. The summed E-state index contributed by atoms with van der Waals surface area (Å²) >= 11 is 0. The third-order valence-electron chi connectivity index (χ3n) is 3.14. The van der Waals surface area contributed by atoms with Crippen LogP contribution in [-0.4, -0.2) is 10.7 Å². The normalized spacial score (nSPS) is 50.7. The van der Waals surface area contributed by atoms with Gasteiger partial charge in [-0.2, -0.15) is 0 Å². The highest BCUT2D eigenvalue weighted by Crippen LogP contribution is 2.54. The summed E-state index contributed by atoms with van der Waals surface area (Å²) < 4.78 is 0. The number of hydrogen-bond acceptors (Lipinski definition) is 1. The van der Waals surface area contributed by atoms with E-state index in [0.717, 1.165) is 6.42 Å². The lowest BCUT2D eigenvalue weighted by molar-refractivity contribution is 0.0267. The van der Waals surface area contributed by atoms with Crippen LogP contribution in [0.15, 0.2) is 0 Å². The highest BCUT2D eigenvalue weighted by Gasteiger charge is 2.56. The summed E-state index contributed by atoms with van der Waals surface area (Å²) in [5.41, 5.74) is -0.196. The van der Waals surface area contributed by atoms with Gasteiger partial charge in [-0.1, -0.05) is 13.3 Å². The lowest BCUT2D eigenvalue weighted by Gasteiger charge is -2.31. The fourth-order valence-electron chi connectivity index (χ4n) is 1.91. The van der Waals surface area contributed by atoms with Crippen molar-refractivity contribution in [1.29, 1.82) is 0 Å². The van der Waals surface area contributed by atoms with Crippen LogP contribution in [-0.2, 0) is 0 Å². The summed E-state index contributed by atoms with van der Waals surface area (Å²) in [4.78, 5) is 0. The van der Waals surface area contributed by atoms with Gasteiger partial charge in [-0.25, -0.2) is 0 Å². The van der Waals surface area contributed by atoms with E-state index in [0.29, 0.717) is 11.8 Å². The molecule has 2 saturated carbocycles. The molecule has 2 atom stereocenters. The first-order valence-electron chi connectivity index (χ1n) is 3.96. The van der Waals surface area contributed by atoms with E-state index in [1.54, 1.807) is 0 Å². The van der Waals surface area contributed by atoms with Gasteiger partial charge in [0.15, 0.2) is 0 Å². The Morgan fingerprint density at radius 1 is 1.44 bits per heavy atom. The second-order valence-electron chi connectivity index (χ2n) is 3.72. The van der Waals surface area contributed by atoms with Crippen molar-refractivity contribution in [2.45, 2.75) is 38.2 Å². The van der Waals surface area contributed by atoms with Crippen molar-refractivity contribution in [2.75, 3.05) is 0 Å². The first-order valence-corrected chi connectivity index (χ1v) is 3.96. The molecule has 1 N–H and O–H groups in total. The topological polar surface area (TPSA) is 20.2 Å². The highest BCUT2D eigenvalue weighted by atomic mass is 16.3. The minimum Gasteiger partial charge on any atom is -0.389 e. The van der Waals surface area contributed by atoms with E-state index < -0.39 is 0 Å². The van der Waals surface area contributed by atoms with Crippen molar-refractivity contribution in [1.82, 2.24) is 0 Å². The third-order valence-corrected chi connectivity index (χ3v) is 3.14. The van der Waals surface area contributed by atoms with Crippen LogP contribution in [0.1, 0.15) is 32.6 Å². The van der Waals surface area contributed by atoms with Gasteiger partial charge < -0.3 is 5.11 Å². The van der Waals surface area contributed by atoms with Crippen molar-refractivity contribution in [2.24, 2.45) is 11.8 Å².